The van der Waals surface area contributed by atoms with Gasteiger partial charge in [-0.2, -0.15) is 0 Å². The molecule has 0 bridgehead atoms. The van der Waals surface area contributed by atoms with E-state index in [-0.39, 0.29) is 11.9 Å². The lowest BCUT2D eigenvalue weighted by Gasteiger charge is -2.19. The van der Waals surface area contributed by atoms with Gasteiger partial charge in [0.25, 0.3) is 0 Å². The van der Waals surface area contributed by atoms with Gasteiger partial charge in [0.2, 0.25) is 5.91 Å². The molecule has 1 N–H and O–H groups in total. The SMILES string of the molecule is COc1cc(C=O)c(N=CC2Cc3ccccc3N2C)cc1OCCCC(=O)Nc1cccc(C)c1. The maximum Gasteiger partial charge on any atom is 0.224 e. The number of hydrogen-bond donors (Lipinski definition) is 1. The molecule has 0 saturated carbocycles. The van der Waals surface area contributed by atoms with Crippen LogP contribution in [0.15, 0.2) is 65.7 Å². The zero-order chi connectivity index (χ0) is 25.5. The predicted molar refractivity (Wildman–Crippen MR) is 143 cm³/mol. The van der Waals surface area contributed by atoms with Crippen molar-refractivity contribution in [3.05, 3.63) is 77.4 Å². The summed E-state index contributed by atoms with van der Waals surface area (Å²) in [6.45, 7) is 2.30. The van der Waals surface area contributed by atoms with Crippen molar-refractivity contribution < 1.29 is 19.1 Å². The van der Waals surface area contributed by atoms with Crippen LogP contribution in [0.2, 0.25) is 0 Å². The molecule has 0 saturated heterocycles. The Labute approximate surface area is 211 Å². The normalized spacial score (nSPS) is 14.5. The Balaban J connectivity index is 1.38. The third-order valence-electron chi connectivity index (χ3n) is 6.23. The lowest BCUT2D eigenvalue weighted by atomic mass is 10.1. The fourth-order valence-electron chi connectivity index (χ4n) is 4.29. The second-order valence-corrected chi connectivity index (χ2v) is 8.84. The number of nitrogens with one attached hydrogen (secondary N) is 1. The van der Waals surface area contributed by atoms with E-state index in [0.717, 1.165) is 24.0 Å². The van der Waals surface area contributed by atoms with Gasteiger partial charge in [-0.25, -0.2) is 0 Å². The van der Waals surface area contributed by atoms with Crippen molar-refractivity contribution in [2.75, 3.05) is 31.0 Å². The number of amides is 1. The lowest BCUT2D eigenvalue weighted by Crippen LogP contribution is -2.28. The molecule has 4 rings (SSSR count). The summed E-state index contributed by atoms with van der Waals surface area (Å²) in [5.74, 6) is 0.863. The molecule has 7 heteroatoms. The Bertz CT molecular complexity index is 1270. The number of benzene rings is 3. The summed E-state index contributed by atoms with van der Waals surface area (Å²) >= 11 is 0. The van der Waals surface area contributed by atoms with Gasteiger partial charge in [0, 0.05) is 42.7 Å². The Morgan fingerprint density at radius 1 is 1.14 bits per heavy atom. The predicted octanol–water partition coefficient (Wildman–Crippen LogP) is 5.38. The molecule has 1 heterocycles. The third-order valence-corrected chi connectivity index (χ3v) is 6.23. The first-order valence-electron chi connectivity index (χ1n) is 12.0. The van der Waals surface area contributed by atoms with E-state index in [9.17, 15) is 9.59 Å². The zero-order valence-electron chi connectivity index (χ0n) is 20.9. The number of rotatable bonds is 10. The summed E-state index contributed by atoms with van der Waals surface area (Å²) in [5.41, 5.74) is 5.27. The van der Waals surface area contributed by atoms with Gasteiger partial charge in [-0.3, -0.25) is 14.6 Å². The molecule has 0 radical (unpaired) electrons. The number of anilines is 2. The number of ether oxygens (including phenoxy) is 2. The first-order chi connectivity index (χ1) is 17.5. The van der Waals surface area contributed by atoms with Crippen LogP contribution in [-0.4, -0.2) is 45.2 Å². The molecule has 0 spiro atoms. The summed E-state index contributed by atoms with van der Waals surface area (Å²) in [6, 6.07) is 19.4. The molecule has 186 valence electrons. The number of fused-ring (bicyclic) bond motifs is 1. The molecule has 7 nitrogen and oxygen atoms in total. The van der Waals surface area contributed by atoms with E-state index < -0.39 is 0 Å². The molecule has 3 aromatic rings. The first-order valence-corrected chi connectivity index (χ1v) is 12.0. The van der Waals surface area contributed by atoms with Crippen LogP contribution in [0, 0.1) is 6.92 Å². The van der Waals surface area contributed by atoms with Crippen LogP contribution in [0.4, 0.5) is 17.1 Å². The number of aliphatic imine (C=N–C) groups is 1. The molecule has 0 aromatic heterocycles. The minimum atomic E-state index is -0.0700. The van der Waals surface area contributed by atoms with Gasteiger partial charge in [0.05, 0.1) is 25.4 Å². The minimum Gasteiger partial charge on any atom is -0.493 e. The van der Waals surface area contributed by atoms with E-state index >= 15 is 0 Å². The molecule has 1 aliphatic heterocycles. The van der Waals surface area contributed by atoms with Gasteiger partial charge in [0.15, 0.2) is 17.8 Å². The summed E-state index contributed by atoms with van der Waals surface area (Å²) in [7, 11) is 3.57. The van der Waals surface area contributed by atoms with Crippen molar-refractivity contribution in [2.45, 2.75) is 32.2 Å². The van der Waals surface area contributed by atoms with Crippen LogP contribution in [0.3, 0.4) is 0 Å². The molecule has 1 atom stereocenters. The van der Waals surface area contributed by atoms with Crippen LogP contribution in [0.1, 0.15) is 34.3 Å². The van der Waals surface area contributed by atoms with Crippen LogP contribution >= 0.6 is 0 Å². The number of aldehydes is 1. The van der Waals surface area contributed by atoms with Crippen LogP contribution in [-0.2, 0) is 11.2 Å². The Morgan fingerprint density at radius 3 is 2.72 bits per heavy atom. The van der Waals surface area contributed by atoms with Crippen molar-refractivity contribution >= 4 is 35.5 Å². The van der Waals surface area contributed by atoms with Gasteiger partial charge in [-0.15, -0.1) is 0 Å². The number of methoxy groups -OCH3 is 1. The number of para-hydroxylation sites is 1. The molecular weight excluding hydrogens is 454 g/mol. The third kappa shape index (κ3) is 5.92. The average molecular weight is 486 g/mol. The van der Waals surface area contributed by atoms with E-state index in [1.54, 1.807) is 12.1 Å². The summed E-state index contributed by atoms with van der Waals surface area (Å²) in [5, 5.41) is 2.90. The standard InChI is InChI=1S/C29H31N3O4/c1-20-8-6-10-23(14-20)31-29(34)12-7-13-36-28-17-25(22(19-33)16-27(28)35-3)30-18-24-15-21-9-4-5-11-26(21)32(24)2/h4-6,8-11,14,16-19,24H,7,12-13,15H2,1-3H3,(H,31,34). The molecule has 0 aliphatic carbocycles. The quantitative estimate of drug-likeness (QED) is 0.237. The van der Waals surface area contributed by atoms with Gasteiger partial charge >= 0.3 is 0 Å². The smallest absolute Gasteiger partial charge is 0.224 e. The van der Waals surface area contributed by atoms with Crippen molar-refractivity contribution in [1.29, 1.82) is 0 Å². The highest BCUT2D eigenvalue weighted by atomic mass is 16.5. The highest BCUT2D eigenvalue weighted by Crippen LogP contribution is 2.35. The van der Waals surface area contributed by atoms with E-state index in [1.807, 2.05) is 56.6 Å². The number of hydrogen-bond acceptors (Lipinski definition) is 6. The van der Waals surface area contributed by atoms with Gasteiger partial charge < -0.3 is 19.7 Å². The maximum absolute atomic E-state index is 12.3. The summed E-state index contributed by atoms with van der Waals surface area (Å²) < 4.78 is 11.4. The summed E-state index contributed by atoms with van der Waals surface area (Å²) in [4.78, 5) is 30.8. The van der Waals surface area contributed by atoms with Crippen molar-refractivity contribution in [1.82, 2.24) is 0 Å². The van der Waals surface area contributed by atoms with E-state index in [0.29, 0.717) is 42.2 Å². The van der Waals surface area contributed by atoms with Crippen molar-refractivity contribution in [3.63, 3.8) is 0 Å². The second kappa shape index (κ2) is 11.5. The molecule has 36 heavy (non-hydrogen) atoms. The molecule has 3 aromatic carbocycles. The van der Waals surface area contributed by atoms with Crippen LogP contribution < -0.4 is 19.7 Å². The Morgan fingerprint density at radius 2 is 1.97 bits per heavy atom. The van der Waals surface area contributed by atoms with Gasteiger partial charge in [-0.05, 0) is 55.2 Å². The Hall–Kier alpha value is -4.13. The maximum atomic E-state index is 12.3. The zero-order valence-corrected chi connectivity index (χ0v) is 20.9. The highest BCUT2D eigenvalue weighted by molar-refractivity contribution is 5.90. The molecule has 0 fully saturated rings. The molecule has 1 amide bonds. The molecular formula is C29H31N3O4. The van der Waals surface area contributed by atoms with E-state index in [1.165, 1.54) is 18.4 Å². The Kier molecular flexibility index (Phi) is 8.00. The highest BCUT2D eigenvalue weighted by Gasteiger charge is 2.24. The van der Waals surface area contributed by atoms with Gasteiger partial charge in [-0.1, -0.05) is 30.3 Å². The van der Waals surface area contributed by atoms with Crippen LogP contribution in [0.25, 0.3) is 0 Å². The lowest BCUT2D eigenvalue weighted by molar-refractivity contribution is -0.116. The topological polar surface area (TPSA) is 80.2 Å². The average Bonchev–Trinajstić information content (AvgIpc) is 3.20. The molecule has 1 unspecified atom stereocenters. The van der Waals surface area contributed by atoms with Crippen molar-refractivity contribution in [2.24, 2.45) is 4.99 Å². The largest absolute Gasteiger partial charge is 0.493 e. The monoisotopic (exact) mass is 485 g/mol. The second-order valence-electron chi connectivity index (χ2n) is 8.84. The van der Waals surface area contributed by atoms with Gasteiger partial charge in [0.1, 0.15) is 0 Å². The van der Waals surface area contributed by atoms with Crippen molar-refractivity contribution in [3.8, 4) is 11.5 Å². The number of likely N-dealkylation sites (N-methyl/N-ethyl adjacent to an activating group) is 1. The van der Waals surface area contributed by atoms with Crippen LogP contribution in [0.5, 0.6) is 11.5 Å². The fourth-order valence-corrected chi connectivity index (χ4v) is 4.29. The van der Waals surface area contributed by atoms with E-state index in [2.05, 4.69) is 27.3 Å². The summed E-state index contributed by atoms with van der Waals surface area (Å²) in [6.07, 6.45) is 4.34. The molecule has 1 aliphatic rings. The number of nitrogens with zero attached hydrogens (tertiary/aromatic N) is 2. The number of aryl methyl sites for hydroxylation is 1. The fraction of sp³-hybridized carbons (Fsp3) is 0.276. The number of carbonyl (C=O) groups excluding carboxylic acids is 2. The first kappa shape index (κ1) is 25.0. The van der Waals surface area contributed by atoms with E-state index in [4.69, 9.17) is 9.47 Å². The minimum absolute atomic E-state index is 0.0700. The number of carbonyl (C=O) groups is 2.